The third-order valence-corrected chi connectivity index (χ3v) is 8.72. The molecule has 2 aromatic rings. The number of ether oxygens (including phenoxy) is 1. The Balaban J connectivity index is 0.000000412. The Kier molecular flexibility index (Phi) is 16.9. The van der Waals surface area contributed by atoms with Crippen LogP contribution in [0.3, 0.4) is 0 Å². The predicted molar refractivity (Wildman–Crippen MR) is 185 cm³/mol. The van der Waals surface area contributed by atoms with Crippen molar-refractivity contribution in [3.63, 3.8) is 0 Å². The number of aromatic nitrogens is 2. The molecule has 0 unspecified atom stereocenters. The molecule has 1 N–H and O–H groups in total. The number of halogens is 3. The van der Waals surface area contributed by atoms with E-state index in [2.05, 4.69) is 29.6 Å². The standard InChI is InChI=1S/C19H28N2O2.C14H20N2.CH4.3ClH/c1-19(2,3)23-18(22)21-12-10-15(11-13-21)17-9-8-14-6-4-5-7-16(14)20-17;1-2-4-13-11(3-1)5-6-14(16-13)12-7-9-15-10-8-12;;;;/h8-9,15H,4-7,10-13H2,1-3H3;5-6,12,15H,1-4,7-10H2;1H4;3*1H. The van der Waals surface area contributed by atoms with Crippen LogP contribution in [0, 0.1) is 0 Å². The molecule has 0 atom stereocenters. The summed E-state index contributed by atoms with van der Waals surface area (Å²) in [5.74, 6) is 1.18. The maximum atomic E-state index is 12.1. The Labute approximate surface area is 279 Å². The first-order valence-corrected chi connectivity index (χ1v) is 15.5. The summed E-state index contributed by atoms with van der Waals surface area (Å²) in [5, 5.41) is 3.42. The van der Waals surface area contributed by atoms with Crippen LogP contribution in [0.5, 0.6) is 0 Å². The lowest BCUT2D eigenvalue weighted by atomic mass is 9.90. The van der Waals surface area contributed by atoms with Gasteiger partial charge >= 0.3 is 6.09 Å². The summed E-state index contributed by atoms with van der Waals surface area (Å²) >= 11 is 0. The number of carbonyl (C=O) groups is 1. The average Bonchev–Trinajstić information content (AvgIpc) is 2.97. The number of nitrogens with zero attached hydrogens (tertiary/aromatic N) is 3. The van der Waals surface area contributed by atoms with Crippen molar-refractivity contribution in [3.05, 3.63) is 58.2 Å². The molecule has 2 aliphatic carbocycles. The van der Waals surface area contributed by atoms with Crippen LogP contribution < -0.4 is 5.32 Å². The van der Waals surface area contributed by atoms with E-state index in [0.717, 1.165) is 45.4 Å². The van der Waals surface area contributed by atoms with Gasteiger partial charge in [-0.15, -0.1) is 37.2 Å². The summed E-state index contributed by atoms with van der Waals surface area (Å²) < 4.78 is 5.46. The van der Waals surface area contributed by atoms with Crippen molar-refractivity contribution in [1.82, 2.24) is 20.2 Å². The van der Waals surface area contributed by atoms with Gasteiger partial charge in [0.25, 0.3) is 0 Å². The third kappa shape index (κ3) is 11.1. The van der Waals surface area contributed by atoms with Gasteiger partial charge in [-0.05, 0) is 134 Å². The normalized spacial score (nSPS) is 18.4. The molecule has 6 rings (SSSR count). The fraction of sp³-hybridized carbons (Fsp3) is 0.676. The van der Waals surface area contributed by atoms with E-state index in [1.807, 2.05) is 25.7 Å². The van der Waals surface area contributed by atoms with E-state index in [4.69, 9.17) is 14.7 Å². The summed E-state index contributed by atoms with van der Waals surface area (Å²) in [6, 6.07) is 9.09. The van der Waals surface area contributed by atoms with Crippen LogP contribution in [0.1, 0.15) is 125 Å². The summed E-state index contributed by atoms with van der Waals surface area (Å²) in [7, 11) is 0. The molecule has 0 saturated carbocycles. The minimum Gasteiger partial charge on any atom is -0.444 e. The molecule has 244 valence electrons. The second-order valence-electron chi connectivity index (χ2n) is 12.9. The van der Waals surface area contributed by atoms with Crippen LogP contribution in [-0.4, -0.2) is 52.7 Å². The van der Waals surface area contributed by atoms with Crippen LogP contribution >= 0.6 is 37.2 Å². The number of pyridine rings is 2. The second kappa shape index (κ2) is 18.4. The van der Waals surface area contributed by atoms with Crippen molar-refractivity contribution in [2.45, 2.75) is 123 Å². The van der Waals surface area contributed by atoms with E-state index in [0.29, 0.717) is 11.8 Å². The highest BCUT2D eigenvalue weighted by atomic mass is 35.5. The molecule has 43 heavy (non-hydrogen) atoms. The summed E-state index contributed by atoms with van der Waals surface area (Å²) in [6.07, 6.45) is 14.3. The number of aryl methyl sites for hydroxylation is 4. The number of hydrogen-bond donors (Lipinski definition) is 1. The zero-order valence-electron chi connectivity index (χ0n) is 25.7. The fourth-order valence-electron chi connectivity index (χ4n) is 6.45. The second-order valence-corrected chi connectivity index (χ2v) is 12.9. The largest absolute Gasteiger partial charge is 0.444 e. The van der Waals surface area contributed by atoms with E-state index in [9.17, 15) is 4.79 Å². The highest BCUT2D eigenvalue weighted by Gasteiger charge is 2.28. The lowest BCUT2D eigenvalue weighted by Gasteiger charge is -2.33. The van der Waals surface area contributed by atoms with Gasteiger partial charge in [0, 0.05) is 47.7 Å². The number of likely N-dealkylation sites (tertiary alicyclic amines) is 1. The van der Waals surface area contributed by atoms with Gasteiger partial charge in [-0.2, -0.15) is 0 Å². The predicted octanol–water partition coefficient (Wildman–Crippen LogP) is 8.40. The van der Waals surface area contributed by atoms with Crippen LogP contribution in [-0.2, 0) is 30.4 Å². The number of rotatable bonds is 2. The molecule has 0 radical (unpaired) electrons. The van der Waals surface area contributed by atoms with E-state index in [-0.39, 0.29) is 50.7 Å². The number of hydrogen-bond acceptors (Lipinski definition) is 5. The first-order valence-electron chi connectivity index (χ1n) is 15.5. The first kappa shape index (κ1) is 39.4. The number of amides is 1. The maximum Gasteiger partial charge on any atom is 0.410 e. The number of nitrogens with one attached hydrogen (secondary N) is 1. The molecule has 9 heteroatoms. The highest BCUT2D eigenvalue weighted by molar-refractivity contribution is 5.86. The van der Waals surface area contributed by atoms with E-state index < -0.39 is 5.60 Å². The van der Waals surface area contributed by atoms with Crippen molar-refractivity contribution < 1.29 is 9.53 Å². The lowest BCUT2D eigenvalue weighted by molar-refractivity contribution is 0.0204. The van der Waals surface area contributed by atoms with Gasteiger partial charge in [0.1, 0.15) is 5.60 Å². The average molecular weight is 658 g/mol. The van der Waals surface area contributed by atoms with Gasteiger partial charge in [0.05, 0.1) is 0 Å². The van der Waals surface area contributed by atoms with Crippen LogP contribution in [0.15, 0.2) is 24.3 Å². The van der Waals surface area contributed by atoms with Gasteiger partial charge < -0.3 is 15.0 Å². The van der Waals surface area contributed by atoms with Crippen molar-refractivity contribution in [2.75, 3.05) is 26.2 Å². The minimum absolute atomic E-state index is 0. The van der Waals surface area contributed by atoms with Gasteiger partial charge in [-0.3, -0.25) is 9.97 Å². The van der Waals surface area contributed by atoms with Crippen LogP contribution in [0.2, 0.25) is 0 Å². The fourth-order valence-corrected chi connectivity index (χ4v) is 6.45. The molecule has 4 heterocycles. The summed E-state index contributed by atoms with van der Waals surface area (Å²) in [5.41, 5.74) is 7.78. The quantitative estimate of drug-likeness (QED) is 0.351. The van der Waals surface area contributed by atoms with E-state index in [1.165, 1.54) is 91.7 Å². The molecule has 0 spiro atoms. The Morgan fingerprint density at radius 1 is 0.744 bits per heavy atom. The topological polar surface area (TPSA) is 67.3 Å². The van der Waals surface area contributed by atoms with Gasteiger partial charge in [0.15, 0.2) is 0 Å². The summed E-state index contributed by atoms with van der Waals surface area (Å²) in [6.45, 7) is 9.57. The van der Waals surface area contributed by atoms with Crippen molar-refractivity contribution in [3.8, 4) is 0 Å². The van der Waals surface area contributed by atoms with Crippen molar-refractivity contribution in [1.29, 1.82) is 0 Å². The molecular weight excluding hydrogens is 603 g/mol. The smallest absolute Gasteiger partial charge is 0.410 e. The van der Waals surface area contributed by atoms with Gasteiger partial charge in [0.2, 0.25) is 0 Å². The Bertz CT molecular complexity index is 1130. The minimum atomic E-state index is -0.423. The third-order valence-electron chi connectivity index (χ3n) is 8.72. The maximum absolute atomic E-state index is 12.1. The molecule has 0 bridgehead atoms. The molecule has 1 amide bonds. The Morgan fingerprint density at radius 2 is 1.19 bits per heavy atom. The number of carbonyl (C=O) groups excluding carboxylic acids is 1. The molecule has 2 fully saturated rings. The number of fused-ring (bicyclic) bond motifs is 2. The summed E-state index contributed by atoms with van der Waals surface area (Å²) in [4.78, 5) is 23.8. The zero-order valence-corrected chi connectivity index (χ0v) is 28.1. The van der Waals surface area contributed by atoms with Crippen molar-refractivity contribution in [2.24, 2.45) is 0 Å². The molecule has 2 saturated heterocycles. The van der Waals surface area contributed by atoms with Crippen molar-refractivity contribution >= 4 is 43.3 Å². The molecule has 4 aliphatic rings. The first-order chi connectivity index (χ1) is 18.9. The highest BCUT2D eigenvalue weighted by Crippen LogP contribution is 2.30. The molecule has 0 aromatic carbocycles. The van der Waals surface area contributed by atoms with Crippen LogP contribution in [0.4, 0.5) is 4.79 Å². The molecule has 6 nitrogen and oxygen atoms in total. The van der Waals surface area contributed by atoms with Gasteiger partial charge in [-0.1, -0.05) is 19.6 Å². The molecular formula is C34H55Cl3N4O2. The van der Waals surface area contributed by atoms with Crippen LogP contribution in [0.25, 0.3) is 0 Å². The monoisotopic (exact) mass is 656 g/mol. The number of piperidine rings is 2. The molecule has 2 aromatic heterocycles. The SMILES string of the molecule is C.CC(C)(C)OC(=O)N1CCC(c2ccc3c(n2)CCCC3)CC1.Cl.Cl.Cl.c1cc2c(nc1C1CCNCC1)CCCC2. The molecule has 2 aliphatic heterocycles. The van der Waals surface area contributed by atoms with E-state index in [1.54, 1.807) is 0 Å². The van der Waals surface area contributed by atoms with E-state index >= 15 is 0 Å². The Morgan fingerprint density at radius 3 is 1.65 bits per heavy atom. The Hall–Kier alpha value is -1.60. The zero-order chi connectivity index (χ0) is 27.2. The van der Waals surface area contributed by atoms with Gasteiger partial charge in [-0.25, -0.2) is 4.79 Å². The lowest BCUT2D eigenvalue weighted by Crippen LogP contribution is -2.41.